The molecule has 0 spiro atoms. The van der Waals surface area contributed by atoms with Crippen LogP contribution in [0.15, 0.2) is 67.3 Å². The maximum atomic E-state index is 14.4. The van der Waals surface area contributed by atoms with E-state index in [2.05, 4.69) is 20.4 Å². The fourth-order valence-corrected chi connectivity index (χ4v) is 3.38. The normalized spacial score (nSPS) is 10.8. The summed E-state index contributed by atoms with van der Waals surface area (Å²) in [5, 5.41) is 7.44. The lowest BCUT2D eigenvalue weighted by Crippen LogP contribution is -2.14. The molecule has 4 rings (SSSR count). The van der Waals surface area contributed by atoms with Gasteiger partial charge in [0.15, 0.2) is 5.78 Å². The Bertz CT molecular complexity index is 1320. The van der Waals surface area contributed by atoms with Crippen LogP contribution in [0.5, 0.6) is 0 Å². The number of nitrogens with one attached hydrogen (secondary N) is 1. The number of carbonyl (C=O) groups is 2. The number of ketones is 1. The number of hydrogen-bond donors (Lipinski definition) is 1. The van der Waals surface area contributed by atoms with E-state index in [0.29, 0.717) is 33.3 Å². The Hall–Kier alpha value is -3.91. The average Bonchev–Trinajstić information content (AvgIpc) is 3.25. The van der Waals surface area contributed by atoms with E-state index in [1.54, 1.807) is 56.0 Å². The van der Waals surface area contributed by atoms with E-state index in [-0.39, 0.29) is 24.3 Å². The third-order valence-corrected chi connectivity index (χ3v) is 5.19. The second-order valence-electron chi connectivity index (χ2n) is 7.40. The number of para-hydroxylation sites is 1. The Kier molecular flexibility index (Phi) is 6.55. The number of anilines is 1. The van der Waals surface area contributed by atoms with Crippen LogP contribution in [0.2, 0.25) is 5.02 Å². The molecule has 0 fully saturated rings. The third-order valence-electron chi connectivity index (χ3n) is 4.86. The number of aromatic nitrogens is 4. The van der Waals surface area contributed by atoms with Crippen LogP contribution < -0.4 is 5.32 Å². The predicted octanol–water partition coefficient (Wildman–Crippen LogP) is 4.37. The number of nitrogens with zero attached hydrogens (tertiary/aromatic N) is 4. The summed E-state index contributed by atoms with van der Waals surface area (Å²) >= 11 is 6.07. The molecule has 0 radical (unpaired) electrons. The molecule has 33 heavy (non-hydrogen) atoms. The monoisotopic (exact) mass is 463 g/mol. The highest BCUT2D eigenvalue weighted by Crippen LogP contribution is 2.21. The average molecular weight is 464 g/mol. The molecule has 7 nitrogen and oxygen atoms in total. The number of carbonyl (C=O) groups excluding carboxylic acids is 2. The highest BCUT2D eigenvalue weighted by molar-refractivity contribution is 6.33. The van der Waals surface area contributed by atoms with Crippen molar-refractivity contribution >= 4 is 29.0 Å². The summed E-state index contributed by atoms with van der Waals surface area (Å²) in [6, 6.07) is 11.1. The number of aryl methyl sites for hydroxylation is 1. The van der Waals surface area contributed by atoms with Gasteiger partial charge in [-0.1, -0.05) is 23.7 Å². The largest absolute Gasteiger partial charge is 0.324 e. The molecule has 9 heteroatoms. The van der Waals surface area contributed by atoms with Crippen molar-refractivity contribution in [3.63, 3.8) is 0 Å². The highest BCUT2D eigenvalue weighted by atomic mass is 35.5. The van der Waals surface area contributed by atoms with Crippen molar-refractivity contribution in [1.82, 2.24) is 19.7 Å². The zero-order chi connectivity index (χ0) is 23.4. The van der Waals surface area contributed by atoms with Crippen LogP contribution in [0.1, 0.15) is 27.3 Å². The lowest BCUT2D eigenvalue weighted by molar-refractivity contribution is -0.115. The first-order chi connectivity index (χ1) is 15.9. The van der Waals surface area contributed by atoms with Gasteiger partial charge in [-0.3, -0.25) is 9.59 Å². The Morgan fingerprint density at radius 2 is 1.79 bits per heavy atom. The van der Waals surface area contributed by atoms with Crippen molar-refractivity contribution in [2.24, 2.45) is 0 Å². The summed E-state index contributed by atoms with van der Waals surface area (Å²) in [4.78, 5) is 33.1. The van der Waals surface area contributed by atoms with Crippen LogP contribution in [0.25, 0.3) is 5.69 Å². The van der Waals surface area contributed by atoms with Crippen LogP contribution >= 0.6 is 11.6 Å². The van der Waals surface area contributed by atoms with E-state index in [9.17, 15) is 14.0 Å². The van der Waals surface area contributed by atoms with Gasteiger partial charge in [-0.25, -0.2) is 19.0 Å². The van der Waals surface area contributed by atoms with Gasteiger partial charge in [-0.05, 0) is 48.4 Å². The minimum absolute atomic E-state index is 0.0206. The topological polar surface area (TPSA) is 89.8 Å². The Balaban J connectivity index is 1.47. The molecular formula is C24H19ClFN5O2. The number of benzene rings is 2. The maximum Gasteiger partial charge on any atom is 0.228 e. The summed E-state index contributed by atoms with van der Waals surface area (Å²) in [5.41, 5.74) is 2.21. The zero-order valence-electron chi connectivity index (χ0n) is 17.6. The molecule has 0 unspecified atom stereocenters. The number of rotatable bonds is 7. The molecule has 2 aromatic heterocycles. The molecule has 1 amide bonds. The minimum atomic E-state index is -0.622. The van der Waals surface area contributed by atoms with Gasteiger partial charge in [-0.15, -0.1) is 0 Å². The van der Waals surface area contributed by atoms with Gasteiger partial charge in [0, 0.05) is 25.0 Å². The second kappa shape index (κ2) is 9.70. The quantitative estimate of drug-likeness (QED) is 0.411. The van der Waals surface area contributed by atoms with Crippen molar-refractivity contribution in [3.8, 4) is 5.69 Å². The Labute approximate surface area is 194 Å². The summed E-state index contributed by atoms with van der Waals surface area (Å²) in [6.07, 6.45) is 6.35. The molecule has 0 aliphatic rings. The van der Waals surface area contributed by atoms with Crippen LogP contribution in [-0.4, -0.2) is 31.4 Å². The van der Waals surface area contributed by atoms with Gasteiger partial charge < -0.3 is 5.32 Å². The first kappa shape index (κ1) is 22.3. The Morgan fingerprint density at radius 1 is 1.03 bits per heavy atom. The second-order valence-corrected chi connectivity index (χ2v) is 7.81. The van der Waals surface area contributed by atoms with Crippen LogP contribution in [0, 0.1) is 12.7 Å². The molecule has 4 aromatic rings. The van der Waals surface area contributed by atoms with Gasteiger partial charge in [-0.2, -0.15) is 5.10 Å². The van der Waals surface area contributed by atoms with Crippen molar-refractivity contribution in [3.05, 3.63) is 101 Å². The molecular weight excluding hydrogens is 445 g/mol. The molecule has 0 aliphatic heterocycles. The van der Waals surface area contributed by atoms with E-state index >= 15 is 0 Å². The lowest BCUT2D eigenvalue weighted by atomic mass is 10.0. The molecule has 0 saturated carbocycles. The van der Waals surface area contributed by atoms with Crippen molar-refractivity contribution in [2.45, 2.75) is 19.8 Å². The summed E-state index contributed by atoms with van der Waals surface area (Å²) in [7, 11) is 0. The summed E-state index contributed by atoms with van der Waals surface area (Å²) < 4.78 is 15.9. The van der Waals surface area contributed by atoms with Gasteiger partial charge in [0.05, 0.1) is 34.6 Å². The molecule has 0 atom stereocenters. The number of Topliss-reactive ketones (excluding diaryl/α,β-unsaturated/α-hetero) is 1. The van der Waals surface area contributed by atoms with Gasteiger partial charge in [0.25, 0.3) is 0 Å². The van der Waals surface area contributed by atoms with Crippen molar-refractivity contribution in [2.75, 3.05) is 5.32 Å². The van der Waals surface area contributed by atoms with Crippen LogP contribution in [-0.2, 0) is 17.6 Å². The maximum absolute atomic E-state index is 14.4. The van der Waals surface area contributed by atoms with Crippen molar-refractivity contribution in [1.29, 1.82) is 0 Å². The molecule has 0 saturated heterocycles. The zero-order valence-corrected chi connectivity index (χ0v) is 18.4. The first-order valence-corrected chi connectivity index (χ1v) is 10.5. The smallest absolute Gasteiger partial charge is 0.228 e. The molecule has 1 N–H and O–H groups in total. The van der Waals surface area contributed by atoms with E-state index in [0.717, 1.165) is 0 Å². The lowest BCUT2D eigenvalue weighted by Gasteiger charge is -2.07. The molecule has 0 bridgehead atoms. The molecule has 0 aliphatic carbocycles. The standard InChI is InChI=1S/C24H19ClFN5O2/c1-15-27-11-16(12-28-15)8-23(32)19-10-18(6-7-21(19)26)31-14-17(13-29-31)9-24(33)30-22-5-3-2-4-20(22)25/h2-7,10-14H,8-9H2,1H3,(H,30,33). The van der Waals surface area contributed by atoms with E-state index in [4.69, 9.17) is 11.6 Å². The Morgan fingerprint density at radius 3 is 2.55 bits per heavy atom. The van der Waals surface area contributed by atoms with Crippen molar-refractivity contribution < 1.29 is 14.0 Å². The number of halogens is 2. The first-order valence-electron chi connectivity index (χ1n) is 10.1. The van der Waals surface area contributed by atoms with Gasteiger partial charge in [0.1, 0.15) is 11.6 Å². The number of amides is 1. The molecule has 2 heterocycles. The van der Waals surface area contributed by atoms with E-state index in [1.807, 2.05) is 0 Å². The highest BCUT2D eigenvalue weighted by Gasteiger charge is 2.15. The van der Waals surface area contributed by atoms with Crippen LogP contribution in [0.4, 0.5) is 10.1 Å². The van der Waals surface area contributed by atoms with E-state index < -0.39 is 11.6 Å². The van der Waals surface area contributed by atoms with E-state index in [1.165, 1.54) is 22.9 Å². The summed E-state index contributed by atoms with van der Waals surface area (Å²) in [6.45, 7) is 1.74. The van der Waals surface area contributed by atoms with Gasteiger partial charge >= 0.3 is 0 Å². The van der Waals surface area contributed by atoms with Gasteiger partial charge in [0.2, 0.25) is 5.91 Å². The predicted molar refractivity (Wildman–Crippen MR) is 122 cm³/mol. The number of hydrogen-bond acceptors (Lipinski definition) is 5. The van der Waals surface area contributed by atoms with Crippen LogP contribution in [0.3, 0.4) is 0 Å². The SMILES string of the molecule is Cc1ncc(CC(=O)c2cc(-n3cc(CC(=O)Nc4ccccc4Cl)cn3)ccc2F)cn1. The third kappa shape index (κ3) is 5.48. The molecule has 2 aromatic carbocycles. The summed E-state index contributed by atoms with van der Waals surface area (Å²) in [5.74, 6) is -0.677. The fourth-order valence-electron chi connectivity index (χ4n) is 3.20. The fraction of sp³-hybridized carbons (Fsp3) is 0.125. The molecule has 166 valence electrons. The minimum Gasteiger partial charge on any atom is -0.324 e.